The number of nitrogens with zero attached hydrogens (tertiary/aromatic N) is 3. The standard InChI is InChI=1S/C19H20N4O2S/c1-12(24)16-7-4-8-17(21-16)14-5-3-6-15(11-14)19(25)20-10-9-18-23-22-13(2)26-18/h3-8,11-12,24H,9-10H2,1-2H3,(H,20,25). The van der Waals surface area contributed by atoms with Gasteiger partial charge in [0.05, 0.1) is 17.5 Å². The fourth-order valence-corrected chi connectivity index (χ4v) is 3.20. The van der Waals surface area contributed by atoms with Crippen LogP contribution in [-0.2, 0) is 6.42 Å². The zero-order valence-electron chi connectivity index (χ0n) is 14.6. The number of pyridine rings is 1. The zero-order chi connectivity index (χ0) is 18.5. The number of aliphatic hydroxyl groups excluding tert-OH is 1. The van der Waals surface area contributed by atoms with Crippen LogP contribution in [0.5, 0.6) is 0 Å². The Labute approximate surface area is 156 Å². The molecule has 1 atom stereocenters. The summed E-state index contributed by atoms with van der Waals surface area (Å²) in [6, 6.07) is 12.8. The van der Waals surface area contributed by atoms with Crippen molar-refractivity contribution in [2.75, 3.05) is 6.54 Å². The number of aromatic nitrogens is 3. The van der Waals surface area contributed by atoms with Gasteiger partial charge in [-0.2, -0.15) is 0 Å². The summed E-state index contributed by atoms with van der Waals surface area (Å²) < 4.78 is 0. The normalized spacial score (nSPS) is 12.0. The number of carbonyl (C=O) groups excluding carboxylic acids is 1. The number of hydrogen-bond acceptors (Lipinski definition) is 6. The summed E-state index contributed by atoms with van der Waals surface area (Å²) in [5, 5.41) is 22.5. The highest BCUT2D eigenvalue weighted by Gasteiger charge is 2.10. The molecule has 2 heterocycles. The Bertz CT molecular complexity index is 908. The van der Waals surface area contributed by atoms with E-state index in [2.05, 4.69) is 20.5 Å². The van der Waals surface area contributed by atoms with Crippen molar-refractivity contribution in [3.05, 3.63) is 63.7 Å². The number of amides is 1. The summed E-state index contributed by atoms with van der Waals surface area (Å²) in [5.41, 5.74) is 2.73. The molecule has 3 rings (SSSR count). The lowest BCUT2D eigenvalue weighted by molar-refractivity contribution is 0.0954. The smallest absolute Gasteiger partial charge is 0.251 e. The summed E-state index contributed by atoms with van der Waals surface area (Å²) >= 11 is 1.54. The Kier molecular flexibility index (Phi) is 5.70. The molecule has 0 spiro atoms. The fraction of sp³-hybridized carbons (Fsp3) is 0.263. The van der Waals surface area contributed by atoms with E-state index < -0.39 is 6.10 Å². The van der Waals surface area contributed by atoms with Gasteiger partial charge in [-0.1, -0.05) is 18.2 Å². The molecule has 0 bridgehead atoms. The highest BCUT2D eigenvalue weighted by atomic mass is 32.1. The Morgan fingerprint density at radius 3 is 2.77 bits per heavy atom. The van der Waals surface area contributed by atoms with Crippen molar-refractivity contribution < 1.29 is 9.90 Å². The second kappa shape index (κ2) is 8.16. The number of rotatable bonds is 6. The van der Waals surface area contributed by atoms with E-state index in [1.807, 2.05) is 31.2 Å². The summed E-state index contributed by atoms with van der Waals surface area (Å²) in [6.45, 7) is 4.09. The van der Waals surface area contributed by atoms with Crippen LogP contribution < -0.4 is 5.32 Å². The molecule has 0 aliphatic heterocycles. The maximum Gasteiger partial charge on any atom is 0.251 e. The lowest BCUT2D eigenvalue weighted by Crippen LogP contribution is -2.25. The monoisotopic (exact) mass is 368 g/mol. The van der Waals surface area contributed by atoms with Gasteiger partial charge in [0.2, 0.25) is 0 Å². The van der Waals surface area contributed by atoms with Gasteiger partial charge in [0.15, 0.2) is 0 Å². The summed E-state index contributed by atoms with van der Waals surface area (Å²) in [6.07, 6.45) is 0.0278. The molecule has 1 unspecified atom stereocenters. The lowest BCUT2D eigenvalue weighted by Gasteiger charge is -2.08. The van der Waals surface area contributed by atoms with Crippen LogP contribution in [0.25, 0.3) is 11.3 Å². The molecule has 7 heteroatoms. The van der Waals surface area contributed by atoms with Crippen molar-refractivity contribution >= 4 is 17.2 Å². The molecule has 0 saturated carbocycles. The van der Waals surface area contributed by atoms with Gasteiger partial charge >= 0.3 is 0 Å². The molecule has 0 aliphatic carbocycles. The van der Waals surface area contributed by atoms with Gasteiger partial charge in [0, 0.05) is 24.1 Å². The highest BCUT2D eigenvalue weighted by molar-refractivity contribution is 7.11. The largest absolute Gasteiger partial charge is 0.387 e. The molecule has 0 radical (unpaired) electrons. The van der Waals surface area contributed by atoms with Crippen molar-refractivity contribution in [1.82, 2.24) is 20.5 Å². The summed E-state index contributed by atoms with van der Waals surface area (Å²) in [4.78, 5) is 16.8. The Hall–Kier alpha value is -2.64. The van der Waals surface area contributed by atoms with Gasteiger partial charge in [-0.3, -0.25) is 9.78 Å². The maximum absolute atomic E-state index is 12.4. The van der Waals surface area contributed by atoms with Gasteiger partial charge in [0.1, 0.15) is 10.0 Å². The first-order valence-electron chi connectivity index (χ1n) is 8.35. The quantitative estimate of drug-likeness (QED) is 0.698. The molecule has 0 aliphatic rings. The van der Waals surface area contributed by atoms with Crippen molar-refractivity contribution in [2.45, 2.75) is 26.4 Å². The first-order chi connectivity index (χ1) is 12.5. The molecule has 0 saturated heterocycles. The number of benzene rings is 1. The molecule has 1 aromatic carbocycles. The van der Waals surface area contributed by atoms with Gasteiger partial charge in [0.25, 0.3) is 5.91 Å². The van der Waals surface area contributed by atoms with Crippen LogP contribution in [0, 0.1) is 6.92 Å². The third-order valence-electron chi connectivity index (χ3n) is 3.81. The Morgan fingerprint density at radius 2 is 2.04 bits per heavy atom. The average molecular weight is 368 g/mol. The topological polar surface area (TPSA) is 88.0 Å². The van der Waals surface area contributed by atoms with Crippen LogP contribution in [0.4, 0.5) is 0 Å². The third-order valence-corrected chi connectivity index (χ3v) is 4.71. The van der Waals surface area contributed by atoms with Crippen LogP contribution in [0.15, 0.2) is 42.5 Å². The predicted octanol–water partition coefficient (Wildman–Crippen LogP) is 2.93. The SMILES string of the molecule is Cc1nnc(CCNC(=O)c2cccc(-c3cccc(C(C)O)n3)c2)s1. The molecule has 134 valence electrons. The first kappa shape index (κ1) is 18.2. The van der Waals surface area contributed by atoms with E-state index in [0.29, 0.717) is 24.2 Å². The van der Waals surface area contributed by atoms with E-state index in [1.54, 1.807) is 25.1 Å². The lowest BCUT2D eigenvalue weighted by atomic mass is 10.1. The molecule has 2 aromatic heterocycles. The molecule has 3 aromatic rings. The van der Waals surface area contributed by atoms with Crippen molar-refractivity contribution in [2.24, 2.45) is 0 Å². The maximum atomic E-state index is 12.4. The fourth-order valence-electron chi connectivity index (χ4n) is 2.49. The van der Waals surface area contributed by atoms with E-state index in [1.165, 1.54) is 11.3 Å². The van der Waals surface area contributed by atoms with Gasteiger partial charge in [-0.15, -0.1) is 21.5 Å². The molecular formula is C19H20N4O2S. The number of aryl methyl sites for hydroxylation is 1. The molecule has 26 heavy (non-hydrogen) atoms. The second-order valence-corrected chi connectivity index (χ2v) is 7.19. The number of hydrogen-bond donors (Lipinski definition) is 2. The van der Waals surface area contributed by atoms with E-state index in [-0.39, 0.29) is 5.91 Å². The predicted molar refractivity (Wildman–Crippen MR) is 101 cm³/mol. The van der Waals surface area contributed by atoms with Crippen LogP contribution in [-0.4, -0.2) is 32.7 Å². The zero-order valence-corrected chi connectivity index (χ0v) is 15.5. The minimum Gasteiger partial charge on any atom is -0.387 e. The highest BCUT2D eigenvalue weighted by Crippen LogP contribution is 2.20. The van der Waals surface area contributed by atoms with Crippen molar-refractivity contribution in [1.29, 1.82) is 0 Å². The van der Waals surface area contributed by atoms with Gasteiger partial charge in [-0.05, 0) is 38.1 Å². The van der Waals surface area contributed by atoms with Gasteiger partial charge < -0.3 is 10.4 Å². The average Bonchev–Trinajstić information content (AvgIpc) is 3.07. The molecular weight excluding hydrogens is 348 g/mol. The minimum absolute atomic E-state index is 0.139. The minimum atomic E-state index is -0.634. The summed E-state index contributed by atoms with van der Waals surface area (Å²) in [5.74, 6) is -0.139. The van der Waals surface area contributed by atoms with E-state index >= 15 is 0 Å². The number of carbonyl (C=O) groups is 1. The molecule has 6 nitrogen and oxygen atoms in total. The van der Waals surface area contributed by atoms with Crippen LogP contribution in [0.1, 0.15) is 39.1 Å². The Morgan fingerprint density at radius 1 is 1.23 bits per heavy atom. The van der Waals surface area contributed by atoms with Gasteiger partial charge in [-0.25, -0.2) is 0 Å². The van der Waals surface area contributed by atoms with E-state index in [9.17, 15) is 9.90 Å². The summed E-state index contributed by atoms with van der Waals surface area (Å²) in [7, 11) is 0. The first-order valence-corrected chi connectivity index (χ1v) is 9.17. The van der Waals surface area contributed by atoms with Crippen LogP contribution in [0.3, 0.4) is 0 Å². The number of nitrogens with one attached hydrogen (secondary N) is 1. The molecule has 0 fully saturated rings. The molecule has 2 N–H and O–H groups in total. The van der Waals surface area contributed by atoms with Crippen LogP contribution in [0.2, 0.25) is 0 Å². The van der Waals surface area contributed by atoms with E-state index in [0.717, 1.165) is 21.3 Å². The molecule has 1 amide bonds. The number of aliphatic hydroxyl groups is 1. The van der Waals surface area contributed by atoms with Crippen LogP contribution >= 0.6 is 11.3 Å². The van der Waals surface area contributed by atoms with E-state index in [4.69, 9.17) is 0 Å². The Balaban J connectivity index is 1.68. The van der Waals surface area contributed by atoms with Crippen molar-refractivity contribution in [3.8, 4) is 11.3 Å². The third kappa shape index (κ3) is 4.50. The second-order valence-electron chi connectivity index (χ2n) is 5.93. The van der Waals surface area contributed by atoms with Crippen molar-refractivity contribution in [3.63, 3.8) is 0 Å².